The molecule has 32 saturated carbocycles. The van der Waals surface area contributed by atoms with Crippen LogP contribution in [0.25, 0.3) is 0 Å². The molecule has 61 atom stereocenters. The lowest BCUT2D eigenvalue weighted by Crippen LogP contribution is -2.70. The zero-order chi connectivity index (χ0) is 43.9. The van der Waals surface area contributed by atoms with Gasteiger partial charge in [-0.1, -0.05) is 12.1 Å². The van der Waals surface area contributed by atoms with Gasteiger partial charge in [0.1, 0.15) is 0 Å². The van der Waals surface area contributed by atoms with E-state index in [0.717, 1.165) is 94.7 Å². The first-order chi connectivity index (χ1) is 36.2. The number of carboxylic acids is 1. The minimum atomic E-state index is -0.699. The Bertz CT molecular complexity index is 3230. The number of nitrogens with zero attached hydrogens (tertiary/aromatic N) is 1. The van der Waals surface area contributed by atoms with Crippen LogP contribution in [0.2, 0.25) is 0 Å². The number of benzene rings is 1. The lowest BCUT2D eigenvalue weighted by molar-refractivity contribution is -0.256. The highest BCUT2D eigenvalue weighted by Gasteiger charge is 3.06. The van der Waals surface area contributed by atoms with Crippen molar-refractivity contribution in [1.82, 2.24) is 4.90 Å². The van der Waals surface area contributed by atoms with E-state index in [-0.39, 0.29) is 0 Å². The fourth-order valence-electron chi connectivity index (χ4n) is 49.8. The van der Waals surface area contributed by atoms with Gasteiger partial charge in [0.25, 0.3) is 0 Å². The summed E-state index contributed by atoms with van der Waals surface area (Å²) in [5, 5.41) is 10.6. The SMILES string of the molecule is CN1C[C@@]23C4C5C6C7C8C9C%10C%11C%12C%13C%10C%10C8C8C%14C%10C%10C%13C%13C%15C%12C%12C%16C%11C%11C9C7C7C9C%11C%16C%11C%16C%12C%15C%12C%15C%13C%10C%10C%14C(C4C86)C4C%10C%15C6C%12C%16C8C%11C9C(C75)C2C8C6[C@]43[C@@H]1c1ccc(C(=O)O)cc1. The van der Waals surface area contributed by atoms with E-state index in [0.29, 0.717) is 22.4 Å². The number of hydrogen-bond donors (Lipinski definition) is 1. The smallest absolute Gasteiger partial charge is 0.335 e. The van der Waals surface area contributed by atoms with Gasteiger partial charge in [0.15, 0.2) is 0 Å². The number of carboxylic acid groups (broad SMARTS) is 1. The van der Waals surface area contributed by atoms with Crippen molar-refractivity contribution in [3.8, 4) is 0 Å². The Kier molecular flexibility index (Phi) is 3.73. The maximum atomic E-state index is 12.9. The first-order valence-corrected chi connectivity index (χ1v) is 34.2. The zero-order valence-electron chi connectivity index (χ0n) is 41.9. The lowest BCUT2D eigenvalue weighted by atomic mass is 9.31. The second-order valence-electron chi connectivity index (χ2n) is 38.5. The van der Waals surface area contributed by atoms with E-state index in [4.69, 9.17) is 0 Å². The number of aromatic carboxylic acids is 1. The Morgan fingerprint density at radius 3 is 0.836 bits per heavy atom. The number of rotatable bonds is 2. The molecular formula is C70H69NO2. The van der Waals surface area contributed by atoms with Crippen molar-refractivity contribution in [3.63, 3.8) is 0 Å². The summed E-state index contributed by atoms with van der Waals surface area (Å²) in [6, 6.07) is 9.96. The second kappa shape index (κ2) is 8.18. The average Bonchev–Trinajstić information content (AvgIpc) is 4.41. The van der Waals surface area contributed by atoms with Gasteiger partial charge in [-0.05, 0) is 373 Å². The monoisotopic (exact) mass is 956 g/mol. The van der Waals surface area contributed by atoms with E-state index >= 15 is 0 Å². The van der Waals surface area contributed by atoms with E-state index in [1.54, 1.807) is 5.56 Å². The Labute approximate surface area is 427 Å². The van der Waals surface area contributed by atoms with E-state index in [1.165, 1.54) is 255 Å². The molecule has 1 aliphatic heterocycles. The van der Waals surface area contributed by atoms with E-state index in [9.17, 15) is 9.90 Å². The van der Waals surface area contributed by atoms with Gasteiger partial charge in [-0.2, -0.15) is 0 Å². The second-order valence-corrected chi connectivity index (χ2v) is 38.5. The molecular weight excluding hydrogens is 887 g/mol. The fraction of sp³-hybridized carbons (Fsp3) is 0.900. The third kappa shape index (κ3) is 2.03. The summed E-state index contributed by atoms with van der Waals surface area (Å²) in [7, 11) is 2.80. The number of hydrogen-bond acceptors (Lipinski definition) is 2. The molecule has 0 radical (unpaired) electrons. The van der Waals surface area contributed by atoms with Crippen LogP contribution in [0.4, 0.5) is 0 Å². The van der Waals surface area contributed by atoms with Crippen molar-refractivity contribution >= 4 is 5.97 Å². The van der Waals surface area contributed by atoms with Gasteiger partial charge < -0.3 is 5.11 Å². The minimum Gasteiger partial charge on any atom is -0.478 e. The van der Waals surface area contributed by atoms with Crippen LogP contribution >= 0.6 is 0 Å². The topological polar surface area (TPSA) is 40.5 Å². The molecule has 33 fully saturated rings. The van der Waals surface area contributed by atoms with E-state index in [1.807, 2.05) is 0 Å². The average molecular weight is 956 g/mol. The van der Waals surface area contributed by atoms with Gasteiger partial charge >= 0.3 is 5.97 Å². The van der Waals surface area contributed by atoms with Crippen molar-refractivity contribution in [2.45, 2.75) is 6.04 Å². The van der Waals surface area contributed by atoms with Gasteiger partial charge in [0.2, 0.25) is 0 Å². The van der Waals surface area contributed by atoms with Gasteiger partial charge in [0.05, 0.1) is 5.56 Å². The van der Waals surface area contributed by atoms with Crippen LogP contribution in [0, 0.1) is 354 Å². The molecule has 366 valence electrons. The molecule has 0 amide bonds. The quantitative estimate of drug-likeness (QED) is 0.324. The molecule has 1 heterocycles. The largest absolute Gasteiger partial charge is 0.478 e. The Balaban J connectivity index is 0.838. The van der Waals surface area contributed by atoms with Gasteiger partial charge in [-0.25, -0.2) is 4.79 Å². The van der Waals surface area contributed by atoms with Gasteiger partial charge in [0, 0.05) is 18.0 Å². The van der Waals surface area contributed by atoms with Crippen LogP contribution in [-0.4, -0.2) is 29.6 Å². The summed E-state index contributed by atoms with van der Waals surface area (Å²) in [6.07, 6.45) is 0. The maximum Gasteiger partial charge on any atom is 0.335 e. The summed E-state index contributed by atoms with van der Waals surface area (Å²) in [4.78, 5) is 16.1. The van der Waals surface area contributed by atoms with E-state index < -0.39 is 5.97 Å². The Morgan fingerprint density at radius 1 is 0.329 bits per heavy atom. The van der Waals surface area contributed by atoms with Crippen molar-refractivity contribution in [3.05, 3.63) is 35.4 Å². The summed E-state index contributed by atoms with van der Waals surface area (Å²) in [6.45, 7) is 1.50. The molecule has 32 aliphatic carbocycles. The molecule has 1 aromatic carbocycles. The molecule has 73 heavy (non-hydrogen) atoms. The Hall–Kier alpha value is -1.35. The predicted molar refractivity (Wildman–Crippen MR) is 256 cm³/mol. The number of carbonyl (C=O) groups is 1. The summed E-state index contributed by atoms with van der Waals surface area (Å²) >= 11 is 0. The van der Waals surface area contributed by atoms with Crippen LogP contribution in [-0.2, 0) is 0 Å². The van der Waals surface area contributed by atoms with Crippen LogP contribution < -0.4 is 0 Å². The molecule has 1 N–H and O–H groups in total. The molecule has 3 nitrogen and oxygen atoms in total. The predicted octanol–water partition coefficient (Wildman–Crippen LogP) is 8.51. The molecule has 0 aromatic heterocycles. The summed E-state index contributed by atoms with van der Waals surface area (Å²) < 4.78 is 0. The third-order valence-corrected chi connectivity index (χ3v) is 43.5. The van der Waals surface area contributed by atoms with Gasteiger partial charge in [-0.3, -0.25) is 4.90 Å². The van der Waals surface area contributed by atoms with Crippen LogP contribution in [0.1, 0.15) is 22.0 Å². The molecule has 3 heteroatoms. The Morgan fingerprint density at radius 2 is 0.534 bits per heavy atom. The standard InChI is InChI=1S/C70H69NO2/c1-71-6-69-63-56-49-37-29-20-11-9-10-12-15(11)24-31(29)39-40-32(24)30-21(12)23-19-14(10)17-16-13(9)18-22(20)35(37)43-41-27(18)25(16)33-34-26(17)28(19)42-44-36(23)38(30)50-52(40)61(60(63)51(39)49)65-58(50)55(44)59-48(42)46(34)53-45(33)47(41)57(54(43)56)64(69)62(53)66(59)70(65,69)67(71)7-2-4-8(5-3-7)68(72)73/h2-5,9-67H,6H2,1H3,(H,72,73)/t9?,10?,11?,12?,13?,14?,15?,16?,17?,18?,19?,20?,21?,22?,23?,24?,25?,26?,27?,28?,29?,30?,31?,32?,33?,34?,35?,36?,37?,38?,39?,40?,41?,42?,43?,44?,45?,46?,47?,48?,49?,50?,51?,52?,53?,54?,55?,56?,57?,58?,59?,60?,61?,62?,63?,64?,65?,66?,67-,69+,70-/m0/s1. The fourth-order valence-corrected chi connectivity index (χ4v) is 49.8. The van der Waals surface area contributed by atoms with E-state index in [2.05, 4.69) is 36.2 Å². The van der Waals surface area contributed by atoms with Crippen molar-refractivity contribution in [2.24, 2.45) is 354 Å². The zero-order valence-corrected chi connectivity index (χ0v) is 41.9. The van der Waals surface area contributed by atoms with Crippen LogP contribution in [0.5, 0.6) is 0 Å². The minimum absolute atomic E-state index is 0.460. The summed E-state index contributed by atoms with van der Waals surface area (Å²) in [5.41, 5.74) is 3.23. The third-order valence-electron chi connectivity index (χ3n) is 43.5. The van der Waals surface area contributed by atoms with Crippen LogP contribution in [0.3, 0.4) is 0 Å². The van der Waals surface area contributed by atoms with Crippen LogP contribution in [0.15, 0.2) is 24.3 Å². The van der Waals surface area contributed by atoms with Gasteiger partial charge in [-0.15, -0.1) is 0 Å². The summed E-state index contributed by atoms with van der Waals surface area (Å²) in [5.74, 6) is 68.5. The highest BCUT2D eigenvalue weighted by Crippen LogP contribution is 3.09. The molecule has 33 aliphatic rings. The first kappa shape index (κ1) is 33.3. The first-order valence-electron chi connectivity index (χ1n) is 34.2. The molecule has 0 bridgehead atoms. The molecule has 2 spiro atoms. The van der Waals surface area contributed by atoms with Crippen molar-refractivity contribution < 1.29 is 9.90 Å². The van der Waals surface area contributed by atoms with Crippen molar-refractivity contribution in [1.29, 1.82) is 0 Å². The molecule has 34 rings (SSSR count). The van der Waals surface area contributed by atoms with Crippen molar-refractivity contribution in [2.75, 3.05) is 13.6 Å². The highest BCUT2D eigenvalue weighted by atomic mass is 16.4. The normalized spacial score (nSPS) is 94.9. The number of likely N-dealkylation sites (tertiary alicyclic amines) is 1. The maximum absolute atomic E-state index is 12.9. The molecule has 1 saturated heterocycles. The molecule has 58 unspecified atom stereocenters. The highest BCUT2D eigenvalue weighted by molar-refractivity contribution is 5.87. The molecule has 1 aromatic rings. The lowest BCUT2D eigenvalue weighted by Gasteiger charge is -2.72.